The number of hydrogen-bond acceptors (Lipinski definition) is 3. The number of primary amides is 1. The van der Waals surface area contributed by atoms with E-state index in [1.54, 1.807) is 0 Å². The van der Waals surface area contributed by atoms with Gasteiger partial charge in [-0.1, -0.05) is 0 Å². The third-order valence-electron chi connectivity index (χ3n) is 2.44. The summed E-state index contributed by atoms with van der Waals surface area (Å²) in [6.45, 7) is 1.13. The van der Waals surface area contributed by atoms with Gasteiger partial charge in [-0.15, -0.1) is 0 Å². The van der Waals surface area contributed by atoms with Gasteiger partial charge in [0.25, 0.3) is 0 Å². The average Bonchev–Trinajstić information content (AvgIpc) is 2.92. The smallest absolute Gasteiger partial charge is 0.312 e. The van der Waals surface area contributed by atoms with Crippen molar-refractivity contribution in [2.75, 3.05) is 19.6 Å². The Morgan fingerprint density at radius 2 is 1.79 bits per heavy atom. The summed E-state index contributed by atoms with van der Waals surface area (Å²) in [7, 11) is 0. The molecule has 6 nitrogen and oxygen atoms in total. The molecule has 14 heavy (non-hydrogen) atoms. The van der Waals surface area contributed by atoms with Gasteiger partial charge in [0.15, 0.2) is 0 Å². The molecule has 0 saturated heterocycles. The lowest BCUT2D eigenvalue weighted by Crippen LogP contribution is -2.41. The third-order valence-corrected chi connectivity index (χ3v) is 2.44. The molecular weight excluding hydrogens is 184 g/mol. The van der Waals surface area contributed by atoms with Gasteiger partial charge in [-0.05, 0) is 12.8 Å². The van der Waals surface area contributed by atoms with E-state index in [9.17, 15) is 9.59 Å². The minimum absolute atomic E-state index is 0.0220. The molecule has 0 aliphatic heterocycles. The van der Waals surface area contributed by atoms with Crippen molar-refractivity contribution in [3.63, 3.8) is 0 Å². The summed E-state index contributed by atoms with van der Waals surface area (Å²) in [5, 5.41) is 5.09. The first kappa shape index (κ1) is 10.8. The average molecular weight is 200 g/mol. The van der Waals surface area contributed by atoms with Gasteiger partial charge in [0.1, 0.15) is 0 Å². The van der Waals surface area contributed by atoms with Gasteiger partial charge >= 0.3 is 6.03 Å². The van der Waals surface area contributed by atoms with Crippen LogP contribution in [0.15, 0.2) is 0 Å². The predicted molar refractivity (Wildman–Crippen MR) is 51.3 cm³/mol. The van der Waals surface area contributed by atoms with Crippen LogP contribution in [0, 0.1) is 5.41 Å². The first-order valence-corrected chi connectivity index (χ1v) is 4.62. The summed E-state index contributed by atoms with van der Waals surface area (Å²) in [5.41, 5.74) is 10.00. The lowest BCUT2D eigenvalue weighted by atomic mass is 10.1. The van der Waals surface area contributed by atoms with E-state index < -0.39 is 6.03 Å². The zero-order valence-corrected chi connectivity index (χ0v) is 8.01. The van der Waals surface area contributed by atoms with E-state index in [1.807, 2.05) is 0 Å². The van der Waals surface area contributed by atoms with Crippen molar-refractivity contribution in [1.82, 2.24) is 10.6 Å². The zero-order chi connectivity index (χ0) is 10.6. The van der Waals surface area contributed by atoms with Crippen LogP contribution in [-0.4, -0.2) is 31.6 Å². The van der Waals surface area contributed by atoms with E-state index in [0.29, 0.717) is 19.6 Å². The van der Waals surface area contributed by atoms with Gasteiger partial charge < -0.3 is 22.1 Å². The van der Waals surface area contributed by atoms with Crippen LogP contribution in [0.25, 0.3) is 0 Å². The molecule has 0 aromatic heterocycles. The maximum atomic E-state index is 11.5. The van der Waals surface area contributed by atoms with Gasteiger partial charge in [-0.25, -0.2) is 4.79 Å². The lowest BCUT2D eigenvalue weighted by molar-refractivity contribution is -0.125. The molecule has 0 aromatic carbocycles. The van der Waals surface area contributed by atoms with Gasteiger partial charge in [0, 0.05) is 19.6 Å². The van der Waals surface area contributed by atoms with Crippen molar-refractivity contribution in [2.24, 2.45) is 16.9 Å². The largest absolute Gasteiger partial charge is 0.354 e. The highest BCUT2D eigenvalue weighted by Crippen LogP contribution is 2.44. The fourth-order valence-electron chi connectivity index (χ4n) is 1.22. The summed E-state index contributed by atoms with van der Waals surface area (Å²) < 4.78 is 0. The molecule has 1 aliphatic carbocycles. The third kappa shape index (κ3) is 2.59. The molecule has 0 aromatic rings. The van der Waals surface area contributed by atoms with Crippen LogP contribution >= 0.6 is 0 Å². The molecule has 6 heteroatoms. The quantitative estimate of drug-likeness (QED) is 0.406. The number of nitrogens with two attached hydrogens (primary N) is 2. The van der Waals surface area contributed by atoms with Gasteiger partial charge in [0.2, 0.25) is 5.91 Å². The first-order chi connectivity index (χ1) is 6.60. The van der Waals surface area contributed by atoms with Crippen molar-refractivity contribution in [3.05, 3.63) is 0 Å². The monoisotopic (exact) mass is 200 g/mol. The number of nitrogens with one attached hydrogen (secondary N) is 2. The second-order valence-electron chi connectivity index (χ2n) is 3.53. The molecule has 1 fully saturated rings. The summed E-state index contributed by atoms with van der Waals surface area (Å²) in [6.07, 6.45) is 1.72. The van der Waals surface area contributed by atoms with E-state index in [0.717, 1.165) is 12.8 Å². The van der Waals surface area contributed by atoms with Crippen LogP contribution in [0.1, 0.15) is 12.8 Å². The van der Waals surface area contributed by atoms with E-state index in [4.69, 9.17) is 11.5 Å². The molecule has 0 atom stereocenters. The van der Waals surface area contributed by atoms with E-state index in [-0.39, 0.29) is 11.3 Å². The van der Waals surface area contributed by atoms with Gasteiger partial charge in [-0.3, -0.25) is 4.79 Å². The first-order valence-electron chi connectivity index (χ1n) is 4.62. The maximum absolute atomic E-state index is 11.5. The SMILES string of the molecule is NCC1(C(=O)NCCNC(N)=O)CC1. The number of urea groups is 1. The number of carbonyl (C=O) groups is 2. The number of carbonyl (C=O) groups excluding carboxylic acids is 2. The second kappa shape index (κ2) is 4.28. The fraction of sp³-hybridized carbons (Fsp3) is 0.750. The van der Waals surface area contributed by atoms with Crippen LogP contribution in [0.2, 0.25) is 0 Å². The maximum Gasteiger partial charge on any atom is 0.312 e. The molecule has 1 rings (SSSR count). The summed E-state index contributed by atoms with van der Waals surface area (Å²) in [4.78, 5) is 21.8. The number of rotatable bonds is 5. The molecule has 80 valence electrons. The highest BCUT2D eigenvalue weighted by molar-refractivity contribution is 5.85. The Labute approximate surface area is 82.4 Å². The molecule has 6 N–H and O–H groups in total. The molecule has 0 radical (unpaired) electrons. The number of amides is 3. The molecule has 1 saturated carbocycles. The minimum Gasteiger partial charge on any atom is -0.354 e. The Kier molecular flexibility index (Phi) is 3.29. The summed E-state index contributed by atoms with van der Waals surface area (Å²) in [6, 6.07) is -0.584. The molecule has 0 spiro atoms. The molecule has 0 heterocycles. The fourth-order valence-corrected chi connectivity index (χ4v) is 1.22. The van der Waals surface area contributed by atoms with Gasteiger partial charge in [-0.2, -0.15) is 0 Å². The highest BCUT2D eigenvalue weighted by atomic mass is 16.2. The van der Waals surface area contributed by atoms with Crippen molar-refractivity contribution in [1.29, 1.82) is 0 Å². The predicted octanol–water partition coefficient (Wildman–Crippen LogP) is -1.49. The Morgan fingerprint density at radius 1 is 1.21 bits per heavy atom. The molecule has 0 unspecified atom stereocenters. The summed E-state index contributed by atoms with van der Waals surface area (Å²) >= 11 is 0. The Hall–Kier alpha value is -1.30. The number of hydrogen-bond donors (Lipinski definition) is 4. The Morgan fingerprint density at radius 3 is 2.21 bits per heavy atom. The van der Waals surface area contributed by atoms with E-state index in [1.165, 1.54) is 0 Å². The van der Waals surface area contributed by atoms with Crippen molar-refractivity contribution >= 4 is 11.9 Å². The van der Waals surface area contributed by atoms with Gasteiger partial charge in [0.05, 0.1) is 5.41 Å². The van der Waals surface area contributed by atoms with Crippen molar-refractivity contribution < 1.29 is 9.59 Å². The van der Waals surface area contributed by atoms with Crippen molar-refractivity contribution in [2.45, 2.75) is 12.8 Å². The Bertz CT molecular complexity index is 237. The Balaban J connectivity index is 2.13. The van der Waals surface area contributed by atoms with E-state index >= 15 is 0 Å². The molecule has 0 bridgehead atoms. The zero-order valence-electron chi connectivity index (χ0n) is 8.01. The van der Waals surface area contributed by atoms with E-state index in [2.05, 4.69) is 10.6 Å². The normalized spacial score (nSPS) is 17.2. The minimum atomic E-state index is -0.584. The topological polar surface area (TPSA) is 110 Å². The van der Waals surface area contributed by atoms with Crippen LogP contribution in [0.3, 0.4) is 0 Å². The lowest BCUT2D eigenvalue weighted by Gasteiger charge is -2.12. The van der Waals surface area contributed by atoms with Crippen LogP contribution in [-0.2, 0) is 4.79 Å². The van der Waals surface area contributed by atoms with Crippen LogP contribution < -0.4 is 22.1 Å². The molecule has 1 aliphatic rings. The van der Waals surface area contributed by atoms with Crippen molar-refractivity contribution in [3.8, 4) is 0 Å². The summed E-state index contributed by atoms with van der Waals surface area (Å²) in [5.74, 6) is -0.0220. The standard InChI is InChI=1S/C8H16N4O2/c9-5-8(1-2-8)6(13)11-3-4-12-7(10)14/h1-5,9H2,(H,11,13)(H3,10,12,14). The van der Waals surface area contributed by atoms with Crippen LogP contribution in [0.4, 0.5) is 4.79 Å². The molecular formula is C8H16N4O2. The second-order valence-corrected chi connectivity index (χ2v) is 3.53. The molecule has 3 amide bonds. The van der Waals surface area contributed by atoms with Crippen LogP contribution in [0.5, 0.6) is 0 Å². The highest BCUT2D eigenvalue weighted by Gasteiger charge is 2.48.